The molecule has 380 valence electrons. The third-order valence-electron chi connectivity index (χ3n) is 14.1. The van der Waals surface area contributed by atoms with Gasteiger partial charge in [0.2, 0.25) is 12.1 Å². The predicted octanol–water partition coefficient (Wildman–Crippen LogP) is 9.83. The van der Waals surface area contributed by atoms with E-state index in [1.165, 1.54) is 26.4 Å². The quantitative estimate of drug-likeness (QED) is 0.0408. The topological polar surface area (TPSA) is 191 Å². The second-order valence-electron chi connectivity index (χ2n) is 18.5. The summed E-state index contributed by atoms with van der Waals surface area (Å²) in [5.41, 5.74) is 3.79. The zero-order valence-electron chi connectivity index (χ0n) is 40.8. The van der Waals surface area contributed by atoms with Gasteiger partial charge in [0.05, 0.1) is 56.4 Å². The first kappa shape index (κ1) is 51.6. The SMILES string of the molecule is C=CCOC12Oc3ccc(OC(=O)Nc4ccc(OC)cc4OC)cc3C3C(CCCCO)C(CCCCO)C=C(C(=NOC4CCCCO4)CC1N(Cc1ccc(F)cc1)C(=O)c1ccc(C#N)cc1)C32. The number of benzene rings is 4. The van der Waals surface area contributed by atoms with Crippen molar-refractivity contribution in [2.75, 3.05) is 46.0 Å². The summed E-state index contributed by atoms with van der Waals surface area (Å²) in [7, 11) is 3.02. The fourth-order valence-corrected chi connectivity index (χ4v) is 10.7. The maximum atomic E-state index is 15.4. The highest BCUT2D eigenvalue weighted by atomic mass is 19.1. The molecule has 4 aromatic rings. The van der Waals surface area contributed by atoms with E-state index in [1.807, 2.05) is 6.07 Å². The zero-order valence-corrected chi connectivity index (χ0v) is 40.8. The maximum absolute atomic E-state index is 15.4. The molecule has 72 heavy (non-hydrogen) atoms. The Morgan fingerprint density at radius 1 is 0.958 bits per heavy atom. The molecular weight excluding hydrogens is 924 g/mol. The van der Waals surface area contributed by atoms with Crippen LogP contribution in [-0.2, 0) is 20.9 Å². The van der Waals surface area contributed by atoms with E-state index in [0.29, 0.717) is 90.5 Å². The summed E-state index contributed by atoms with van der Waals surface area (Å²) in [6.45, 7) is 4.62. The Labute approximate surface area is 419 Å². The van der Waals surface area contributed by atoms with Crippen molar-refractivity contribution < 1.29 is 57.5 Å². The summed E-state index contributed by atoms with van der Waals surface area (Å²) >= 11 is 0. The van der Waals surface area contributed by atoms with E-state index >= 15 is 4.79 Å². The lowest BCUT2D eigenvalue weighted by molar-refractivity contribution is -0.255. The minimum Gasteiger partial charge on any atom is -0.497 e. The number of hydrogen-bond acceptors (Lipinski definition) is 13. The van der Waals surface area contributed by atoms with E-state index in [9.17, 15) is 24.7 Å². The van der Waals surface area contributed by atoms with E-state index in [0.717, 1.165) is 30.4 Å². The van der Waals surface area contributed by atoms with Crippen LogP contribution in [0.15, 0.2) is 114 Å². The van der Waals surface area contributed by atoms with Crippen LogP contribution in [0.5, 0.6) is 23.0 Å². The molecule has 15 nitrogen and oxygen atoms in total. The van der Waals surface area contributed by atoms with Gasteiger partial charge in [-0.25, -0.2) is 9.18 Å². The summed E-state index contributed by atoms with van der Waals surface area (Å²) in [5, 5.41) is 37.5. The number of hydrogen-bond donors (Lipinski definition) is 3. The van der Waals surface area contributed by atoms with Gasteiger partial charge in [0.1, 0.15) is 34.9 Å². The molecule has 2 fully saturated rings. The second kappa shape index (κ2) is 24.1. The number of aliphatic hydroxyl groups excluding tert-OH is 2. The number of carbonyl (C=O) groups is 2. The molecule has 2 heterocycles. The third kappa shape index (κ3) is 11.5. The number of fused-ring (bicyclic) bond motifs is 2. The van der Waals surface area contributed by atoms with Crippen LogP contribution in [-0.4, -0.2) is 91.6 Å². The van der Waals surface area contributed by atoms with Crippen LogP contribution < -0.4 is 24.3 Å². The lowest BCUT2D eigenvalue weighted by Crippen LogP contribution is -2.70. The average molecular weight is 987 g/mol. The number of carbonyl (C=O) groups excluding carboxylic acids is 2. The Hall–Kier alpha value is -6.77. The van der Waals surface area contributed by atoms with Crippen LogP contribution >= 0.6 is 0 Å². The van der Waals surface area contributed by atoms with Crippen LogP contribution in [0.3, 0.4) is 0 Å². The van der Waals surface area contributed by atoms with Crippen molar-refractivity contribution in [3.8, 4) is 29.1 Å². The summed E-state index contributed by atoms with van der Waals surface area (Å²) in [6.07, 6.45) is 8.99. The summed E-state index contributed by atoms with van der Waals surface area (Å²) < 4.78 is 52.0. The fourth-order valence-electron chi connectivity index (χ4n) is 10.7. The number of nitrogens with one attached hydrogen (secondary N) is 1. The van der Waals surface area contributed by atoms with Gasteiger partial charge in [-0.15, -0.1) is 6.58 Å². The van der Waals surface area contributed by atoms with Crippen LogP contribution in [0.2, 0.25) is 0 Å². The number of unbranched alkanes of at least 4 members (excludes halogenated alkanes) is 2. The average Bonchev–Trinajstić information content (AvgIpc) is 3.40. The van der Waals surface area contributed by atoms with E-state index in [2.05, 4.69) is 24.0 Å². The normalized spacial score (nSPS) is 23.5. The number of halogens is 1. The van der Waals surface area contributed by atoms with Crippen LogP contribution in [0, 0.1) is 34.9 Å². The first-order valence-corrected chi connectivity index (χ1v) is 24.8. The molecule has 3 N–H and O–H groups in total. The standard InChI is InChI=1S/C56H63FN4O11/c1-4-28-69-56-50(61(35-37-16-20-40(57)21-17-37)54(64)38-18-14-36(34-58)15-19-38)33-47(60-72-51-13-7-10-29-68-51)44-30-39(11-5-8-26-62)43(12-6-9-27-63)52(53(44)56)45-31-42(23-25-48(45)71-56)70-55(65)59-46-24-22-41(66-2)32-49(46)67-3/h4,14-25,30-32,39,43,50-53,62-63H,1,5-13,26-29,33,35H2,2-3H3,(H,59,65). The molecule has 0 bridgehead atoms. The number of oxime groups is 1. The van der Waals surface area contributed by atoms with Gasteiger partial charge >= 0.3 is 6.09 Å². The smallest absolute Gasteiger partial charge is 0.417 e. The highest BCUT2D eigenvalue weighted by Gasteiger charge is 2.65. The van der Waals surface area contributed by atoms with Gasteiger partial charge in [0, 0.05) is 55.7 Å². The van der Waals surface area contributed by atoms with Crippen LogP contribution in [0.1, 0.15) is 97.2 Å². The molecule has 7 unspecified atom stereocenters. The Bertz CT molecular complexity index is 2630. The molecule has 0 radical (unpaired) electrons. The minimum absolute atomic E-state index is 0.0000884. The van der Waals surface area contributed by atoms with Crippen molar-refractivity contribution in [1.82, 2.24) is 4.90 Å². The lowest BCUT2D eigenvalue weighted by Gasteiger charge is -2.60. The van der Waals surface area contributed by atoms with Gasteiger partial charge < -0.3 is 48.4 Å². The van der Waals surface area contributed by atoms with Crippen molar-refractivity contribution >= 4 is 23.4 Å². The Morgan fingerprint density at radius 2 is 1.72 bits per heavy atom. The Kier molecular flexibility index (Phi) is 17.3. The van der Waals surface area contributed by atoms with Crippen molar-refractivity contribution in [3.63, 3.8) is 0 Å². The maximum Gasteiger partial charge on any atom is 0.417 e. The molecule has 2 amide bonds. The van der Waals surface area contributed by atoms with Crippen LogP contribution in [0.25, 0.3) is 0 Å². The Morgan fingerprint density at radius 3 is 2.42 bits per heavy atom. The number of methoxy groups -OCH3 is 2. The zero-order chi connectivity index (χ0) is 50.6. The molecule has 2 aliphatic heterocycles. The predicted molar refractivity (Wildman–Crippen MR) is 266 cm³/mol. The number of ether oxygens (including phenoxy) is 6. The number of allylic oxidation sites excluding steroid dienone is 1. The van der Waals surface area contributed by atoms with Gasteiger partial charge in [-0.3, -0.25) is 10.1 Å². The van der Waals surface area contributed by atoms with Gasteiger partial charge in [0.15, 0.2) is 0 Å². The monoisotopic (exact) mass is 986 g/mol. The van der Waals surface area contributed by atoms with E-state index < -0.39 is 47.8 Å². The van der Waals surface area contributed by atoms with E-state index in [-0.39, 0.29) is 50.4 Å². The first-order valence-electron chi connectivity index (χ1n) is 24.8. The second-order valence-corrected chi connectivity index (χ2v) is 18.5. The molecule has 1 saturated heterocycles. The molecule has 4 aromatic carbocycles. The Balaban J connectivity index is 1.32. The minimum atomic E-state index is -1.64. The molecule has 0 aromatic heterocycles. The molecule has 2 aliphatic carbocycles. The molecule has 8 rings (SSSR count). The fraction of sp³-hybridized carbons (Fsp3) is 0.429. The highest BCUT2D eigenvalue weighted by molar-refractivity contribution is 6.03. The number of anilines is 1. The largest absolute Gasteiger partial charge is 0.497 e. The summed E-state index contributed by atoms with van der Waals surface area (Å²) in [6, 6.07) is 23.8. The van der Waals surface area contributed by atoms with Crippen LogP contribution in [0.4, 0.5) is 14.9 Å². The number of nitriles is 1. The van der Waals surface area contributed by atoms with Gasteiger partial charge in [-0.2, -0.15) is 5.26 Å². The summed E-state index contributed by atoms with van der Waals surface area (Å²) in [5.74, 6) is -2.23. The molecule has 16 heteroatoms. The first-order chi connectivity index (χ1) is 35.1. The number of amides is 2. The van der Waals surface area contributed by atoms with Gasteiger partial charge in [-0.05, 0) is 128 Å². The number of nitrogens with zero attached hydrogens (tertiary/aromatic N) is 3. The summed E-state index contributed by atoms with van der Waals surface area (Å²) in [4.78, 5) is 37.1. The lowest BCUT2D eigenvalue weighted by atomic mass is 9.55. The third-order valence-corrected chi connectivity index (χ3v) is 14.1. The van der Waals surface area contributed by atoms with Crippen molar-refractivity contribution in [2.45, 2.75) is 94.8 Å². The van der Waals surface area contributed by atoms with Crippen molar-refractivity contribution in [2.24, 2.45) is 22.9 Å². The molecule has 1 saturated carbocycles. The molecular formula is C56H63FN4O11. The molecule has 7 atom stereocenters. The van der Waals surface area contributed by atoms with E-state index in [4.69, 9.17) is 38.4 Å². The molecule has 0 spiro atoms. The van der Waals surface area contributed by atoms with E-state index in [1.54, 1.807) is 77.7 Å². The number of aliphatic hydroxyl groups is 2. The van der Waals surface area contributed by atoms with Gasteiger partial charge in [-0.1, -0.05) is 42.3 Å². The molecule has 4 aliphatic rings. The van der Waals surface area contributed by atoms with Gasteiger partial charge in [0.25, 0.3) is 5.91 Å². The van der Waals surface area contributed by atoms with Crippen molar-refractivity contribution in [1.29, 1.82) is 5.26 Å². The highest BCUT2D eigenvalue weighted by Crippen LogP contribution is 2.62. The van der Waals surface area contributed by atoms with Crippen molar-refractivity contribution in [3.05, 3.63) is 137 Å². The number of rotatable bonds is 21.